The molecule has 142 valence electrons. The van der Waals surface area contributed by atoms with E-state index in [1.165, 1.54) is 6.92 Å². The lowest BCUT2D eigenvalue weighted by Crippen LogP contribution is -2.05. The minimum Gasteiger partial charge on any atom is -0.490 e. The minimum absolute atomic E-state index is 0.309. The van der Waals surface area contributed by atoms with Gasteiger partial charge >= 0.3 is 5.97 Å². The van der Waals surface area contributed by atoms with Crippen molar-refractivity contribution >= 4 is 44.6 Å². The number of ether oxygens (including phenoxy) is 2. The van der Waals surface area contributed by atoms with E-state index < -0.39 is 5.97 Å². The van der Waals surface area contributed by atoms with Gasteiger partial charge in [0, 0.05) is 6.92 Å². The van der Waals surface area contributed by atoms with E-state index in [-0.39, 0.29) is 0 Å². The summed E-state index contributed by atoms with van der Waals surface area (Å²) < 4.78 is 11.4. The Morgan fingerprint density at radius 1 is 1.36 bits per heavy atom. The van der Waals surface area contributed by atoms with E-state index in [0.717, 1.165) is 16.6 Å². The minimum atomic E-state index is -0.444. The Labute approximate surface area is 170 Å². The van der Waals surface area contributed by atoms with Gasteiger partial charge in [0.25, 0.3) is 0 Å². The highest BCUT2D eigenvalue weighted by atomic mass is 79.9. The third-order valence-corrected chi connectivity index (χ3v) is 4.49. The summed E-state index contributed by atoms with van der Waals surface area (Å²) in [7, 11) is 0. The molecule has 0 saturated carbocycles. The topological polar surface area (TPSA) is 88.0 Å². The molecule has 0 aliphatic heterocycles. The first kappa shape index (κ1) is 19.6. The smallest absolute Gasteiger partial charge is 0.308 e. The summed E-state index contributed by atoms with van der Waals surface area (Å²) in [4.78, 5) is 19.0. The Bertz CT molecular complexity index is 1130. The van der Waals surface area contributed by atoms with Crippen LogP contribution < -0.4 is 9.47 Å². The molecule has 0 bridgehead atoms. The third kappa shape index (κ3) is 4.24. The summed E-state index contributed by atoms with van der Waals surface area (Å²) in [5.41, 5.74) is 3.86. The Morgan fingerprint density at radius 2 is 2.14 bits per heavy atom. The van der Waals surface area contributed by atoms with Crippen LogP contribution in [0.15, 0.2) is 34.8 Å². The highest BCUT2D eigenvalue weighted by Crippen LogP contribution is 2.38. The molecule has 0 atom stereocenters. The number of nitrogens with zero attached hydrogens (tertiary/aromatic N) is 2. The molecule has 0 fully saturated rings. The Balaban J connectivity index is 2.06. The van der Waals surface area contributed by atoms with Crippen molar-refractivity contribution in [1.82, 2.24) is 9.97 Å². The molecular weight excluding hydrogens is 422 g/mol. The van der Waals surface area contributed by atoms with E-state index in [1.54, 1.807) is 18.2 Å². The van der Waals surface area contributed by atoms with Gasteiger partial charge in [-0.1, -0.05) is 6.07 Å². The molecule has 3 rings (SSSR count). The molecule has 0 aliphatic carbocycles. The first-order valence-electron chi connectivity index (χ1n) is 8.64. The molecule has 0 aliphatic rings. The molecule has 1 heterocycles. The van der Waals surface area contributed by atoms with E-state index >= 15 is 0 Å². The molecule has 0 spiro atoms. The number of imidazole rings is 1. The van der Waals surface area contributed by atoms with Crippen molar-refractivity contribution in [2.24, 2.45) is 0 Å². The van der Waals surface area contributed by atoms with Crippen LogP contribution >= 0.6 is 15.9 Å². The van der Waals surface area contributed by atoms with E-state index in [4.69, 9.17) is 9.47 Å². The summed E-state index contributed by atoms with van der Waals surface area (Å²) in [5.74, 6) is 0.765. The molecule has 0 saturated heterocycles. The van der Waals surface area contributed by atoms with Gasteiger partial charge in [-0.2, -0.15) is 5.26 Å². The number of aromatic amines is 1. The standard InChI is InChI=1S/C21H18BrN3O3/c1-4-27-19-10-14(9-16(22)20(19)28-13(3)26)8-15(11-23)21-24-17-6-5-12(2)7-18(17)25-21/h5-10H,4H2,1-3H3,(H,24,25). The molecule has 28 heavy (non-hydrogen) atoms. The second kappa shape index (κ2) is 8.28. The number of esters is 1. The SMILES string of the molecule is CCOc1cc(C=C(C#N)c2nc3ccc(C)cc3[nH]2)cc(Br)c1OC(C)=O. The number of allylic oxidation sites excluding steroid dienone is 1. The fourth-order valence-electron chi connectivity index (χ4n) is 2.75. The fourth-order valence-corrected chi connectivity index (χ4v) is 3.29. The first-order chi connectivity index (χ1) is 13.4. The molecule has 1 aromatic heterocycles. The van der Waals surface area contributed by atoms with Crippen LogP contribution in [0.25, 0.3) is 22.7 Å². The average molecular weight is 440 g/mol. The summed E-state index contributed by atoms with van der Waals surface area (Å²) in [6.07, 6.45) is 1.70. The number of hydrogen-bond donors (Lipinski definition) is 1. The van der Waals surface area contributed by atoms with Crippen LogP contribution in [0.4, 0.5) is 0 Å². The van der Waals surface area contributed by atoms with Gasteiger partial charge in [0.15, 0.2) is 11.5 Å². The molecule has 3 aromatic rings. The average Bonchev–Trinajstić information content (AvgIpc) is 3.05. The number of halogens is 1. The molecule has 1 N–H and O–H groups in total. The highest BCUT2D eigenvalue weighted by molar-refractivity contribution is 9.10. The molecule has 2 aromatic carbocycles. The molecule has 6 nitrogen and oxygen atoms in total. The predicted molar refractivity (Wildman–Crippen MR) is 111 cm³/mol. The zero-order valence-electron chi connectivity index (χ0n) is 15.7. The van der Waals surface area contributed by atoms with Gasteiger partial charge < -0.3 is 14.5 Å². The number of rotatable bonds is 5. The molecule has 0 amide bonds. The fraction of sp³-hybridized carbons (Fsp3) is 0.190. The number of H-pyrrole nitrogens is 1. The maximum Gasteiger partial charge on any atom is 0.308 e. The quantitative estimate of drug-likeness (QED) is 0.342. The van der Waals surface area contributed by atoms with Gasteiger partial charge in [-0.05, 0) is 71.2 Å². The van der Waals surface area contributed by atoms with E-state index in [9.17, 15) is 10.1 Å². The normalized spacial score (nSPS) is 11.3. The van der Waals surface area contributed by atoms with Crippen LogP contribution in [0, 0.1) is 18.3 Å². The summed E-state index contributed by atoms with van der Waals surface area (Å²) in [6, 6.07) is 11.5. The largest absolute Gasteiger partial charge is 0.490 e. The van der Waals surface area contributed by atoms with Crippen molar-refractivity contribution < 1.29 is 14.3 Å². The molecular formula is C21H18BrN3O3. The summed E-state index contributed by atoms with van der Waals surface area (Å²) in [6.45, 7) is 5.57. The van der Waals surface area contributed by atoms with E-state index in [0.29, 0.717) is 39.5 Å². The van der Waals surface area contributed by atoms with Crippen LogP contribution in [0.2, 0.25) is 0 Å². The van der Waals surface area contributed by atoms with E-state index in [2.05, 4.69) is 32.0 Å². The summed E-state index contributed by atoms with van der Waals surface area (Å²) >= 11 is 3.41. The van der Waals surface area contributed by atoms with Crippen molar-refractivity contribution in [3.05, 3.63) is 51.8 Å². The van der Waals surface area contributed by atoms with Crippen LogP contribution in [-0.4, -0.2) is 22.5 Å². The van der Waals surface area contributed by atoms with Gasteiger partial charge in [-0.25, -0.2) is 4.98 Å². The van der Waals surface area contributed by atoms with Crippen molar-refractivity contribution in [3.63, 3.8) is 0 Å². The molecule has 7 heteroatoms. The molecule has 0 unspecified atom stereocenters. The van der Waals surface area contributed by atoms with Crippen LogP contribution in [0.5, 0.6) is 11.5 Å². The Kier molecular flexibility index (Phi) is 5.81. The predicted octanol–water partition coefficient (Wildman–Crippen LogP) is 5.02. The Morgan fingerprint density at radius 3 is 2.82 bits per heavy atom. The van der Waals surface area contributed by atoms with Gasteiger partial charge in [0.05, 0.1) is 27.7 Å². The number of aromatic nitrogens is 2. The zero-order chi connectivity index (χ0) is 20.3. The van der Waals surface area contributed by atoms with Gasteiger partial charge in [-0.3, -0.25) is 4.79 Å². The van der Waals surface area contributed by atoms with Crippen molar-refractivity contribution in [3.8, 4) is 17.6 Å². The number of nitrogens with one attached hydrogen (secondary N) is 1. The van der Waals surface area contributed by atoms with Crippen LogP contribution in [0.3, 0.4) is 0 Å². The zero-order valence-corrected chi connectivity index (χ0v) is 17.3. The second-order valence-electron chi connectivity index (χ2n) is 6.13. The number of fused-ring (bicyclic) bond motifs is 1. The lowest BCUT2D eigenvalue weighted by atomic mass is 10.1. The number of benzene rings is 2. The lowest BCUT2D eigenvalue weighted by Gasteiger charge is -2.12. The maximum atomic E-state index is 11.4. The van der Waals surface area contributed by atoms with Gasteiger partial charge in [0.1, 0.15) is 11.9 Å². The van der Waals surface area contributed by atoms with Crippen LogP contribution in [-0.2, 0) is 4.79 Å². The number of carbonyl (C=O) groups excluding carboxylic acids is 1. The lowest BCUT2D eigenvalue weighted by molar-refractivity contribution is -0.132. The number of aryl methyl sites for hydroxylation is 1. The molecule has 0 radical (unpaired) electrons. The first-order valence-corrected chi connectivity index (χ1v) is 9.44. The van der Waals surface area contributed by atoms with E-state index in [1.807, 2.05) is 32.0 Å². The van der Waals surface area contributed by atoms with Crippen molar-refractivity contribution in [2.45, 2.75) is 20.8 Å². The van der Waals surface area contributed by atoms with Gasteiger partial charge in [-0.15, -0.1) is 0 Å². The van der Waals surface area contributed by atoms with Crippen molar-refractivity contribution in [2.75, 3.05) is 6.61 Å². The Hall–Kier alpha value is -3.11. The third-order valence-electron chi connectivity index (χ3n) is 3.90. The number of carbonyl (C=O) groups is 1. The summed E-state index contributed by atoms with van der Waals surface area (Å²) in [5, 5.41) is 9.65. The number of hydrogen-bond acceptors (Lipinski definition) is 5. The number of nitriles is 1. The second-order valence-corrected chi connectivity index (χ2v) is 6.99. The maximum absolute atomic E-state index is 11.4. The monoisotopic (exact) mass is 439 g/mol. The van der Waals surface area contributed by atoms with Crippen molar-refractivity contribution in [1.29, 1.82) is 5.26 Å². The van der Waals surface area contributed by atoms with Crippen LogP contribution in [0.1, 0.15) is 30.8 Å². The highest BCUT2D eigenvalue weighted by Gasteiger charge is 2.15. The van der Waals surface area contributed by atoms with Gasteiger partial charge in [0.2, 0.25) is 0 Å².